The summed E-state index contributed by atoms with van der Waals surface area (Å²) in [5.74, 6) is 0.216. The van der Waals surface area contributed by atoms with Crippen LogP contribution in [0.4, 0.5) is 0 Å². The van der Waals surface area contributed by atoms with E-state index in [9.17, 15) is 9.59 Å². The van der Waals surface area contributed by atoms with Gasteiger partial charge in [0.1, 0.15) is 5.69 Å². The molecule has 3 rings (SSSR count). The average Bonchev–Trinajstić information content (AvgIpc) is 3.14. The summed E-state index contributed by atoms with van der Waals surface area (Å²) < 4.78 is 10.5. The van der Waals surface area contributed by atoms with Crippen LogP contribution >= 0.6 is 0 Å². The Morgan fingerprint density at radius 3 is 2.85 bits per heavy atom. The average molecular weight is 356 g/mol. The number of fused-ring (bicyclic) bond motifs is 1. The van der Waals surface area contributed by atoms with E-state index in [1.54, 1.807) is 31.2 Å². The summed E-state index contributed by atoms with van der Waals surface area (Å²) in [6.07, 6.45) is 1.48. The first kappa shape index (κ1) is 17.2. The summed E-state index contributed by atoms with van der Waals surface area (Å²) in [5.41, 5.74) is 5.98. The summed E-state index contributed by atoms with van der Waals surface area (Å²) in [4.78, 5) is 32.3. The third kappa shape index (κ3) is 4.26. The Labute approximate surface area is 148 Å². The SMILES string of the molecule is C/C(=N/OCC(=O)NNC(=O)c1ccccn1)c1ccc2c(c1)OCO2. The van der Waals surface area contributed by atoms with E-state index in [2.05, 4.69) is 21.0 Å². The molecule has 0 radical (unpaired) electrons. The van der Waals surface area contributed by atoms with Crippen LogP contribution in [0.5, 0.6) is 11.5 Å². The molecule has 1 aromatic heterocycles. The third-order valence-electron chi connectivity index (χ3n) is 3.40. The second-order valence-corrected chi connectivity index (χ2v) is 5.24. The van der Waals surface area contributed by atoms with Crippen LogP contribution < -0.4 is 20.3 Å². The van der Waals surface area contributed by atoms with Crippen LogP contribution in [0.2, 0.25) is 0 Å². The van der Waals surface area contributed by atoms with Crippen molar-refractivity contribution in [1.29, 1.82) is 0 Å². The van der Waals surface area contributed by atoms with E-state index in [-0.39, 0.29) is 19.1 Å². The quantitative estimate of drug-likeness (QED) is 0.611. The van der Waals surface area contributed by atoms with E-state index in [0.29, 0.717) is 17.2 Å². The van der Waals surface area contributed by atoms with Crippen molar-refractivity contribution < 1.29 is 23.9 Å². The first-order chi connectivity index (χ1) is 12.6. The van der Waals surface area contributed by atoms with Crippen molar-refractivity contribution in [2.45, 2.75) is 6.92 Å². The van der Waals surface area contributed by atoms with Gasteiger partial charge in [0.15, 0.2) is 18.1 Å². The number of pyridine rings is 1. The maximum absolute atomic E-state index is 11.7. The highest BCUT2D eigenvalue weighted by Crippen LogP contribution is 2.32. The van der Waals surface area contributed by atoms with Crippen molar-refractivity contribution >= 4 is 17.5 Å². The van der Waals surface area contributed by atoms with Gasteiger partial charge in [0.2, 0.25) is 6.79 Å². The Balaban J connectivity index is 1.45. The molecule has 0 fully saturated rings. The fourth-order valence-corrected chi connectivity index (χ4v) is 2.09. The fraction of sp³-hybridized carbons (Fsp3) is 0.176. The molecule has 0 saturated carbocycles. The number of benzene rings is 1. The van der Waals surface area contributed by atoms with Gasteiger partial charge in [-0.25, -0.2) is 0 Å². The second kappa shape index (κ2) is 7.97. The predicted molar refractivity (Wildman–Crippen MR) is 90.6 cm³/mol. The molecule has 2 amide bonds. The summed E-state index contributed by atoms with van der Waals surface area (Å²) >= 11 is 0. The minimum atomic E-state index is -0.559. The molecule has 0 aliphatic carbocycles. The van der Waals surface area contributed by atoms with Crippen molar-refractivity contribution in [2.75, 3.05) is 13.4 Å². The lowest BCUT2D eigenvalue weighted by Crippen LogP contribution is -2.43. The van der Waals surface area contributed by atoms with Crippen molar-refractivity contribution in [1.82, 2.24) is 15.8 Å². The predicted octanol–water partition coefficient (Wildman–Crippen LogP) is 1.01. The third-order valence-corrected chi connectivity index (χ3v) is 3.40. The molecule has 2 N–H and O–H groups in total. The highest BCUT2D eigenvalue weighted by atomic mass is 16.7. The molecule has 1 aliphatic heterocycles. The summed E-state index contributed by atoms with van der Waals surface area (Å²) in [6, 6.07) is 10.2. The smallest absolute Gasteiger partial charge is 0.288 e. The minimum absolute atomic E-state index is 0.186. The largest absolute Gasteiger partial charge is 0.454 e. The molecule has 0 unspecified atom stereocenters. The standard InChI is InChI=1S/C17H16N4O5/c1-11(12-5-6-14-15(8-12)25-10-24-14)21-26-9-16(22)19-20-17(23)13-4-2-3-7-18-13/h2-8H,9-10H2,1H3,(H,19,22)(H,20,23)/b21-11-. The van der Waals surface area contributed by atoms with E-state index in [1.165, 1.54) is 12.3 Å². The number of aromatic nitrogens is 1. The normalized spacial score (nSPS) is 12.4. The van der Waals surface area contributed by atoms with Crippen LogP contribution in [-0.2, 0) is 9.63 Å². The number of nitrogens with one attached hydrogen (secondary N) is 2. The Hall–Kier alpha value is -3.62. The lowest BCUT2D eigenvalue weighted by molar-refractivity contribution is -0.126. The molecule has 1 aliphatic rings. The van der Waals surface area contributed by atoms with Crippen LogP contribution in [0.25, 0.3) is 0 Å². The van der Waals surface area contributed by atoms with Crippen molar-refractivity contribution in [3.05, 3.63) is 53.9 Å². The van der Waals surface area contributed by atoms with E-state index < -0.39 is 11.8 Å². The molecule has 0 spiro atoms. The van der Waals surface area contributed by atoms with Gasteiger partial charge in [0.25, 0.3) is 11.8 Å². The van der Waals surface area contributed by atoms with Gasteiger partial charge in [-0.2, -0.15) is 0 Å². The van der Waals surface area contributed by atoms with E-state index in [0.717, 1.165) is 5.56 Å². The Bertz CT molecular complexity index is 838. The zero-order valence-electron chi connectivity index (χ0n) is 13.9. The Morgan fingerprint density at radius 1 is 1.19 bits per heavy atom. The lowest BCUT2D eigenvalue weighted by Gasteiger charge is -2.06. The zero-order valence-corrected chi connectivity index (χ0v) is 13.9. The van der Waals surface area contributed by atoms with Gasteiger partial charge in [0, 0.05) is 11.8 Å². The van der Waals surface area contributed by atoms with Gasteiger partial charge < -0.3 is 14.3 Å². The number of rotatable bonds is 5. The lowest BCUT2D eigenvalue weighted by atomic mass is 10.1. The van der Waals surface area contributed by atoms with Crippen LogP contribution in [0.15, 0.2) is 47.8 Å². The number of nitrogens with zero attached hydrogens (tertiary/aromatic N) is 2. The Morgan fingerprint density at radius 2 is 2.04 bits per heavy atom. The molecular formula is C17H16N4O5. The molecule has 0 saturated heterocycles. The number of carbonyl (C=O) groups is 2. The van der Waals surface area contributed by atoms with Crippen LogP contribution in [0.3, 0.4) is 0 Å². The first-order valence-electron chi connectivity index (χ1n) is 7.70. The molecule has 9 nitrogen and oxygen atoms in total. The topological polar surface area (TPSA) is 111 Å². The van der Waals surface area contributed by atoms with Gasteiger partial charge in [-0.1, -0.05) is 11.2 Å². The van der Waals surface area contributed by atoms with Crippen molar-refractivity contribution in [2.24, 2.45) is 5.16 Å². The van der Waals surface area contributed by atoms with E-state index >= 15 is 0 Å². The van der Waals surface area contributed by atoms with Crippen LogP contribution in [-0.4, -0.2) is 35.9 Å². The number of amides is 2. The number of ether oxygens (including phenoxy) is 2. The highest BCUT2D eigenvalue weighted by Gasteiger charge is 2.14. The van der Waals surface area contributed by atoms with Gasteiger partial charge in [0.05, 0.1) is 5.71 Å². The van der Waals surface area contributed by atoms with E-state index in [1.807, 2.05) is 6.07 Å². The minimum Gasteiger partial charge on any atom is -0.454 e. The van der Waals surface area contributed by atoms with Gasteiger partial charge >= 0.3 is 0 Å². The van der Waals surface area contributed by atoms with Gasteiger partial charge in [-0.05, 0) is 37.3 Å². The fourth-order valence-electron chi connectivity index (χ4n) is 2.09. The zero-order chi connectivity index (χ0) is 18.4. The van der Waals surface area contributed by atoms with Crippen molar-refractivity contribution in [3.63, 3.8) is 0 Å². The number of oxime groups is 1. The Kier molecular flexibility index (Phi) is 5.28. The first-order valence-corrected chi connectivity index (χ1v) is 7.70. The number of hydrogen-bond acceptors (Lipinski definition) is 7. The maximum Gasteiger partial charge on any atom is 0.288 e. The van der Waals surface area contributed by atoms with Gasteiger partial charge in [-0.15, -0.1) is 0 Å². The number of hydrogen-bond donors (Lipinski definition) is 2. The number of hydrazine groups is 1. The summed E-state index contributed by atoms with van der Waals surface area (Å²) in [7, 11) is 0. The molecule has 1 aromatic carbocycles. The van der Waals surface area contributed by atoms with E-state index in [4.69, 9.17) is 14.3 Å². The molecule has 2 heterocycles. The van der Waals surface area contributed by atoms with Gasteiger partial charge in [-0.3, -0.25) is 25.4 Å². The number of carbonyl (C=O) groups excluding carboxylic acids is 2. The molecule has 26 heavy (non-hydrogen) atoms. The molecule has 0 atom stereocenters. The molecular weight excluding hydrogens is 340 g/mol. The van der Waals surface area contributed by atoms with Crippen molar-refractivity contribution in [3.8, 4) is 11.5 Å². The maximum atomic E-state index is 11.7. The second-order valence-electron chi connectivity index (χ2n) is 5.24. The molecule has 134 valence electrons. The monoisotopic (exact) mass is 356 g/mol. The van der Waals surface area contributed by atoms with Crippen LogP contribution in [0.1, 0.15) is 23.0 Å². The molecule has 9 heteroatoms. The summed E-state index contributed by atoms with van der Waals surface area (Å²) in [6.45, 7) is 1.57. The highest BCUT2D eigenvalue weighted by molar-refractivity contribution is 5.99. The summed E-state index contributed by atoms with van der Waals surface area (Å²) in [5, 5.41) is 3.88. The molecule has 2 aromatic rings. The van der Waals surface area contributed by atoms with Crippen LogP contribution in [0, 0.1) is 0 Å². The molecule has 0 bridgehead atoms.